The predicted molar refractivity (Wildman–Crippen MR) is 69.6 cm³/mol. The first-order chi connectivity index (χ1) is 9.76. The molecule has 1 fully saturated rings. The Bertz CT molecular complexity index is 545. The van der Waals surface area contributed by atoms with Crippen molar-refractivity contribution < 1.29 is 27.9 Å². The number of amides is 1. The molecule has 114 valence electrons. The van der Waals surface area contributed by atoms with Gasteiger partial charge in [-0.05, 0) is 35.9 Å². The molecule has 1 saturated heterocycles. The Balaban J connectivity index is 2.06. The fourth-order valence-electron chi connectivity index (χ4n) is 2.18. The first-order valence-electron chi connectivity index (χ1n) is 6.13. The van der Waals surface area contributed by atoms with E-state index in [1.54, 1.807) is 0 Å². The lowest BCUT2D eigenvalue weighted by Crippen LogP contribution is -2.37. The smallest absolute Gasteiger partial charge is 0.446 e. The molecule has 2 rings (SSSR count). The zero-order chi connectivity index (χ0) is 15.6. The van der Waals surface area contributed by atoms with E-state index >= 15 is 0 Å². The molecule has 0 spiro atoms. The van der Waals surface area contributed by atoms with Gasteiger partial charge in [-0.3, -0.25) is 4.79 Å². The highest BCUT2D eigenvalue weighted by Gasteiger charge is 2.35. The summed E-state index contributed by atoms with van der Waals surface area (Å²) in [5, 5.41) is 9.03. The molecule has 1 aromatic carbocycles. The molecule has 1 N–H and O–H groups in total. The average molecular weight is 319 g/mol. The summed E-state index contributed by atoms with van der Waals surface area (Å²) in [6.45, 7) is 0.0900. The van der Waals surface area contributed by atoms with Crippen LogP contribution < -0.4 is 0 Å². The Morgan fingerprint density at radius 3 is 2.48 bits per heavy atom. The number of carboxylic acids is 1. The van der Waals surface area contributed by atoms with E-state index in [4.69, 9.17) is 5.11 Å². The summed E-state index contributed by atoms with van der Waals surface area (Å²) in [5.41, 5.74) is -3.75. The summed E-state index contributed by atoms with van der Waals surface area (Å²) in [6.07, 6.45) is 0.440. The van der Waals surface area contributed by atoms with Gasteiger partial charge in [-0.15, -0.1) is 0 Å². The van der Waals surface area contributed by atoms with Gasteiger partial charge in [-0.25, -0.2) is 4.79 Å². The van der Waals surface area contributed by atoms with E-state index < -0.39 is 17.5 Å². The normalized spacial score (nSPS) is 19.1. The molecule has 0 aromatic heterocycles. The number of likely N-dealkylation sites (tertiary alicyclic amines) is 1. The monoisotopic (exact) mass is 319 g/mol. The highest BCUT2D eigenvalue weighted by Crippen LogP contribution is 2.36. The van der Waals surface area contributed by atoms with Crippen LogP contribution in [0.4, 0.5) is 13.2 Å². The fraction of sp³-hybridized carbons (Fsp3) is 0.385. The fourth-order valence-corrected chi connectivity index (χ4v) is 2.72. The third-order valence-electron chi connectivity index (χ3n) is 3.12. The van der Waals surface area contributed by atoms with E-state index in [0.717, 1.165) is 0 Å². The van der Waals surface area contributed by atoms with Crippen LogP contribution >= 0.6 is 11.8 Å². The summed E-state index contributed by atoms with van der Waals surface area (Å²) < 4.78 is 36.6. The maximum atomic E-state index is 12.2. The van der Waals surface area contributed by atoms with Crippen molar-refractivity contribution >= 4 is 23.6 Å². The average Bonchev–Trinajstić information content (AvgIpc) is 2.72. The number of carbonyl (C=O) groups is 2. The van der Waals surface area contributed by atoms with E-state index in [9.17, 15) is 22.8 Å². The second-order valence-electron chi connectivity index (χ2n) is 4.61. The van der Waals surface area contributed by atoms with Gasteiger partial charge in [0.15, 0.2) is 0 Å². The number of halogens is 3. The molecule has 1 heterocycles. The quantitative estimate of drug-likeness (QED) is 0.867. The van der Waals surface area contributed by atoms with Crippen LogP contribution in [0.5, 0.6) is 0 Å². The largest absolute Gasteiger partial charge is 0.480 e. The van der Waals surface area contributed by atoms with E-state index in [0.29, 0.717) is 5.56 Å². The molecule has 1 aliphatic heterocycles. The second kappa shape index (κ2) is 5.97. The summed E-state index contributed by atoms with van der Waals surface area (Å²) in [5.74, 6) is -1.32. The molecule has 0 radical (unpaired) electrons. The zero-order valence-corrected chi connectivity index (χ0v) is 11.6. The molecular weight excluding hydrogens is 307 g/mol. The minimum absolute atomic E-state index is 0.0498. The topological polar surface area (TPSA) is 57.6 Å². The van der Waals surface area contributed by atoms with E-state index in [-0.39, 0.29) is 42.0 Å². The molecule has 0 bridgehead atoms. The van der Waals surface area contributed by atoms with Crippen LogP contribution in [-0.4, -0.2) is 33.4 Å². The van der Waals surface area contributed by atoms with Gasteiger partial charge in [0.1, 0.15) is 6.04 Å². The Morgan fingerprint density at radius 2 is 1.95 bits per heavy atom. The predicted octanol–water partition coefficient (Wildman–Crippen LogP) is 2.87. The Kier molecular flexibility index (Phi) is 4.46. The third-order valence-corrected chi connectivity index (χ3v) is 3.86. The molecule has 1 atom stereocenters. The second-order valence-corrected chi connectivity index (χ2v) is 5.74. The molecule has 1 aliphatic rings. The maximum absolute atomic E-state index is 12.2. The van der Waals surface area contributed by atoms with Crippen molar-refractivity contribution in [2.45, 2.75) is 35.8 Å². The molecule has 1 amide bonds. The van der Waals surface area contributed by atoms with Gasteiger partial charge in [-0.1, -0.05) is 12.1 Å². The van der Waals surface area contributed by atoms with Gasteiger partial charge in [0, 0.05) is 17.9 Å². The molecule has 0 saturated carbocycles. The van der Waals surface area contributed by atoms with Crippen molar-refractivity contribution in [3.8, 4) is 0 Å². The number of rotatable bonds is 4. The number of benzene rings is 1. The minimum Gasteiger partial charge on any atom is -0.480 e. The summed E-state index contributed by atoms with van der Waals surface area (Å²) in [4.78, 5) is 24.0. The summed E-state index contributed by atoms with van der Waals surface area (Å²) >= 11 is -0.216. The van der Waals surface area contributed by atoms with Gasteiger partial charge >= 0.3 is 11.5 Å². The van der Waals surface area contributed by atoms with Gasteiger partial charge in [0.2, 0.25) is 5.91 Å². The molecule has 4 nitrogen and oxygen atoms in total. The van der Waals surface area contributed by atoms with Crippen LogP contribution in [0.3, 0.4) is 0 Å². The van der Waals surface area contributed by atoms with Gasteiger partial charge < -0.3 is 10.0 Å². The van der Waals surface area contributed by atoms with Crippen LogP contribution in [-0.2, 0) is 16.1 Å². The Morgan fingerprint density at radius 1 is 1.33 bits per heavy atom. The van der Waals surface area contributed by atoms with Crippen molar-refractivity contribution in [3.05, 3.63) is 29.8 Å². The third kappa shape index (κ3) is 4.13. The van der Waals surface area contributed by atoms with Gasteiger partial charge in [-0.2, -0.15) is 13.2 Å². The van der Waals surface area contributed by atoms with E-state index in [1.807, 2.05) is 0 Å². The number of hydrogen-bond donors (Lipinski definition) is 1. The number of nitrogens with zero attached hydrogens (tertiary/aromatic N) is 1. The van der Waals surface area contributed by atoms with Crippen LogP contribution in [0.2, 0.25) is 0 Å². The molecule has 8 heteroatoms. The lowest BCUT2D eigenvalue weighted by molar-refractivity contribution is -0.146. The standard InChI is InChI=1S/C13H12F3NO3S/c14-13(15,16)21-9-3-1-8(2-4-9)7-17-10(12(19)20)5-6-11(17)18/h1-4,10H,5-7H2,(H,19,20). The lowest BCUT2D eigenvalue weighted by Gasteiger charge is -2.21. The molecule has 0 aliphatic carbocycles. The van der Waals surface area contributed by atoms with Crippen LogP contribution in [0, 0.1) is 0 Å². The van der Waals surface area contributed by atoms with Crippen LogP contribution in [0.25, 0.3) is 0 Å². The molecular formula is C13H12F3NO3S. The molecule has 1 aromatic rings. The highest BCUT2D eigenvalue weighted by atomic mass is 32.2. The minimum atomic E-state index is -4.35. The molecule has 21 heavy (non-hydrogen) atoms. The first kappa shape index (κ1) is 15.7. The van der Waals surface area contributed by atoms with Crippen LogP contribution in [0.15, 0.2) is 29.2 Å². The Labute approximate surface area is 122 Å². The number of alkyl halides is 3. The zero-order valence-electron chi connectivity index (χ0n) is 10.8. The Hall–Kier alpha value is -1.70. The van der Waals surface area contributed by atoms with Gasteiger partial charge in [0.05, 0.1) is 0 Å². The first-order valence-corrected chi connectivity index (χ1v) is 6.95. The van der Waals surface area contributed by atoms with Crippen molar-refractivity contribution in [2.24, 2.45) is 0 Å². The lowest BCUT2D eigenvalue weighted by atomic mass is 10.2. The number of aliphatic carboxylic acids is 1. The van der Waals surface area contributed by atoms with Crippen molar-refractivity contribution in [2.75, 3.05) is 0 Å². The number of carbonyl (C=O) groups excluding carboxylic acids is 1. The maximum Gasteiger partial charge on any atom is 0.446 e. The summed E-state index contributed by atoms with van der Waals surface area (Å²) in [6, 6.07) is 4.70. The number of hydrogen-bond acceptors (Lipinski definition) is 3. The van der Waals surface area contributed by atoms with Crippen molar-refractivity contribution in [1.29, 1.82) is 0 Å². The molecule has 1 unspecified atom stereocenters. The van der Waals surface area contributed by atoms with Gasteiger partial charge in [0.25, 0.3) is 0 Å². The van der Waals surface area contributed by atoms with E-state index in [1.165, 1.54) is 29.2 Å². The summed E-state index contributed by atoms with van der Waals surface area (Å²) in [7, 11) is 0. The van der Waals surface area contributed by atoms with Crippen LogP contribution in [0.1, 0.15) is 18.4 Å². The van der Waals surface area contributed by atoms with E-state index in [2.05, 4.69) is 0 Å². The number of carboxylic acid groups (broad SMARTS) is 1. The van der Waals surface area contributed by atoms with Crippen molar-refractivity contribution in [3.63, 3.8) is 0 Å². The highest BCUT2D eigenvalue weighted by molar-refractivity contribution is 8.00. The SMILES string of the molecule is O=C(O)C1CCC(=O)N1Cc1ccc(SC(F)(F)F)cc1. The van der Waals surface area contributed by atoms with Crippen molar-refractivity contribution in [1.82, 2.24) is 4.90 Å². The number of thioether (sulfide) groups is 1.